The predicted octanol–water partition coefficient (Wildman–Crippen LogP) is 1.86. The van der Waals surface area contributed by atoms with E-state index in [4.69, 9.17) is 5.11 Å². The number of rotatable bonds is 4. The van der Waals surface area contributed by atoms with Crippen LogP contribution >= 0.6 is 0 Å². The first-order chi connectivity index (χ1) is 10.3. The Hall–Kier alpha value is -2.44. The second-order valence-electron chi connectivity index (χ2n) is 5.55. The fourth-order valence-corrected chi connectivity index (χ4v) is 2.18. The van der Waals surface area contributed by atoms with Gasteiger partial charge in [0.25, 0.3) is 0 Å². The number of amides is 2. The molecule has 2 rings (SSSR count). The molecule has 1 saturated heterocycles. The zero-order chi connectivity index (χ0) is 16.4. The number of hydrogen-bond acceptors (Lipinski definition) is 3. The zero-order valence-corrected chi connectivity index (χ0v) is 12.3. The van der Waals surface area contributed by atoms with Gasteiger partial charge in [-0.2, -0.15) is 0 Å². The molecular formula is C15H17FN2O4. The van der Waals surface area contributed by atoms with E-state index in [1.807, 2.05) is 0 Å². The molecule has 0 unspecified atom stereocenters. The maximum atomic E-state index is 13.8. The van der Waals surface area contributed by atoms with Gasteiger partial charge in [-0.3, -0.25) is 14.4 Å². The lowest BCUT2D eigenvalue weighted by molar-refractivity contribution is -0.141. The molecule has 1 fully saturated rings. The number of nitrogens with zero attached hydrogens (tertiary/aromatic N) is 1. The first kappa shape index (κ1) is 15.9. The van der Waals surface area contributed by atoms with Crippen LogP contribution in [0.3, 0.4) is 0 Å². The van der Waals surface area contributed by atoms with Crippen LogP contribution in [0.5, 0.6) is 0 Å². The van der Waals surface area contributed by atoms with Crippen LogP contribution in [0.1, 0.15) is 20.3 Å². The third kappa shape index (κ3) is 3.24. The summed E-state index contributed by atoms with van der Waals surface area (Å²) >= 11 is 0. The Morgan fingerprint density at radius 1 is 1.41 bits per heavy atom. The molecule has 1 atom stereocenters. The molecule has 0 spiro atoms. The second-order valence-corrected chi connectivity index (χ2v) is 5.55. The van der Waals surface area contributed by atoms with E-state index in [0.717, 1.165) is 6.07 Å². The fraction of sp³-hybridized carbons (Fsp3) is 0.400. The monoisotopic (exact) mass is 308 g/mol. The highest BCUT2D eigenvalue weighted by atomic mass is 19.1. The van der Waals surface area contributed by atoms with E-state index in [2.05, 4.69) is 5.32 Å². The van der Waals surface area contributed by atoms with Crippen LogP contribution in [-0.4, -0.2) is 29.4 Å². The number of carbonyl (C=O) groups excluding carboxylic acids is 2. The van der Waals surface area contributed by atoms with Gasteiger partial charge in [0.2, 0.25) is 11.8 Å². The molecule has 0 saturated carbocycles. The van der Waals surface area contributed by atoms with Gasteiger partial charge in [0.05, 0.1) is 11.6 Å². The summed E-state index contributed by atoms with van der Waals surface area (Å²) in [7, 11) is 0. The molecule has 1 aromatic rings. The van der Waals surface area contributed by atoms with Crippen molar-refractivity contribution in [2.75, 3.05) is 16.8 Å². The van der Waals surface area contributed by atoms with Crippen molar-refractivity contribution in [2.24, 2.45) is 11.8 Å². The maximum Gasteiger partial charge on any atom is 0.308 e. The Labute approximate surface area is 126 Å². The first-order valence-electron chi connectivity index (χ1n) is 6.93. The van der Waals surface area contributed by atoms with Gasteiger partial charge in [0.15, 0.2) is 0 Å². The molecule has 1 aliphatic rings. The van der Waals surface area contributed by atoms with Crippen molar-refractivity contribution < 1.29 is 23.9 Å². The van der Waals surface area contributed by atoms with Crippen molar-refractivity contribution in [1.82, 2.24) is 0 Å². The number of nitrogens with one attached hydrogen (secondary N) is 1. The fourth-order valence-electron chi connectivity index (χ4n) is 2.18. The third-order valence-electron chi connectivity index (χ3n) is 3.52. The topological polar surface area (TPSA) is 86.7 Å². The molecule has 0 bridgehead atoms. The lowest BCUT2D eigenvalue weighted by atomic mass is 10.1. The lowest BCUT2D eigenvalue weighted by Crippen LogP contribution is -2.26. The minimum absolute atomic E-state index is 0.0252. The SMILES string of the molecule is CC(C)C(=O)Nc1cc(N2C[C@H](C(=O)O)CC2=O)ccc1F. The summed E-state index contributed by atoms with van der Waals surface area (Å²) in [6.45, 7) is 3.40. The number of carboxylic acid groups (broad SMARTS) is 1. The first-order valence-corrected chi connectivity index (χ1v) is 6.93. The molecule has 22 heavy (non-hydrogen) atoms. The van der Waals surface area contributed by atoms with Crippen molar-refractivity contribution in [2.45, 2.75) is 20.3 Å². The molecule has 6 nitrogen and oxygen atoms in total. The van der Waals surface area contributed by atoms with Crippen LogP contribution in [0.4, 0.5) is 15.8 Å². The molecule has 1 aliphatic heterocycles. The summed E-state index contributed by atoms with van der Waals surface area (Å²) in [5.74, 6) is -3.41. The number of aliphatic carboxylic acids is 1. The predicted molar refractivity (Wildman–Crippen MR) is 78.0 cm³/mol. The minimum atomic E-state index is -1.04. The van der Waals surface area contributed by atoms with Crippen LogP contribution in [0.15, 0.2) is 18.2 Å². The average molecular weight is 308 g/mol. The van der Waals surface area contributed by atoms with Crippen LogP contribution in [0.2, 0.25) is 0 Å². The van der Waals surface area contributed by atoms with Crippen molar-refractivity contribution in [3.8, 4) is 0 Å². The van der Waals surface area contributed by atoms with Crippen molar-refractivity contribution >= 4 is 29.2 Å². The van der Waals surface area contributed by atoms with Gasteiger partial charge < -0.3 is 15.3 Å². The van der Waals surface area contributed by atoms with Crippen molar-refractivity contribution in [1.29, 1.82) is 0 Å². The highest BCUT2D eigenvalue weighted by Crippen LogP contribution is 2.29. The Kier molecular flexibility index (Phi) is 4.44. The van der Waals surface area contributed by atoms with Crippen molar-refractivity contribution in [3.63, 3.8) is 0 Å². The summed E-state index contributed by atoms with van der Waals surface area (Å²) < 4.78 is 13.8. The third-order valence-corrected chi connectivity index (χ3v) is 3.52. The lowest BCUT2D eigenvalue weighted by Gasteiger charge is -2.18. The molecule has 2 amide bonds. The summed E-state index contributed by atoms with van der Waals surface area (Å²) in [5.41, 5.74) is 0.344. The molecule has 0 aromatic heterocycles. The summed E-state index contributed by atoms with van der Waals surface area (Å²) in [6.07, 6.45) is -0.0829. The largest absolute Gasteiger partial charge is 0.481 e. The maximum absolute atomic E-state index is 13.8. The second kappa shape index (κ2) is 6.13. The quantitative estimate of drug-likeness (QED) is 0.889. The van der Waals surface area contributed by atoms with Gasteiger partial charge in [-0.1, -0.05) is 13.8 Å². The van der Waals surface area contributed by atoms with E-state index in [0.29, 0.717) is 5.69 Å². The Morgan fingerprint density at radius 2 is 2.09 bits per heavy atom. The number of anilines is 2. The Morgan fingerprint density at radius 3 is 2.64 bits per heavy atom. The van der Waals surface area contributed by atoms with Gasteiger partial charge in [-0.25, -0.2) is 4.39 Å². The van der Waals surface area contributed by atoms with Gasteiger partial charge in [0, 0.05) is 24.6 Å². The minimum Gasteiger partial charge on any atom is -0.481 e. The van der Waals surface area contributed by atoms with Gasteiger partial charge in [-0.05, 0) is 18.2 Å². The summed E-state index contributed by atoms with van der Waals surface area (Å²) in [6, 6.07) is 3.88. The number of benzene rings is 1. The Balaban J connectivity index is 2.24. The van der Waals surface area contributed by atoms with E-state index in [-0.39, 0.29) is 36.4 Å². The van der Waals surface area contributed by atoms with Crippen LogP contribution in [0, 0.1) is 17.7 Å². The number of hydrogen-bond donors (Lipinski definition) is 2. The number of carboxylic acids is 1. The van der Waals surface area contributed by atoms with Gasteiger partial charge in [-0.15, -0.1) is 0 Å². The smallest absolute Gasteiger partial charge is 0.308 e. The van der Waals surface area contributed by atoms with E-state index < -0.39 is 17.7 Å². The molecule has 2 N–H and O–H groups in total. The standard InChI is InChI=1S/C15H17FN2O4/c1-8(2)14(20)17-12-6-10(3-4-11(12)16)18-7-9(15(21)22)5-13(18)19/h3-4,6,8-9H,5,7H2,1-2H3,(H,17,20)(H,21,22)/t9-/m1/s1. The van der Waals surface area contributed by atoms with E-state index in [1.54, 1.807) is 13.8 Å². The molecule has 1 heterocycles. The highest BCUT2D eigenvalue weighted by Gasteiger charge is 2.35. The average Bonchev–Trinajstić information content (AvgIpc) is 2.83. The molecule has 1 aromatic carbocycles. The van der Waals surface area contributed by atoms with Crippen LogP contribution in [0.25, 0.3) is 0 Å². The van der Waals surface area contributed by atoms with Crippen LogP contribution in [-0.2, 0) is 14.4 Å². The molecule has 7 heteroatoms. The normalized spacial score (nSPS) is 17.9. The molecule has 0 aliphatic carbocycles. The number of carbonyl (C=O) groups is 3. The van der Waals surface area contributed by atoms with Crippen LogP contribution < -0.4 is 10.2 Å². The van der Waals surface area contributed by atoms with Gasteiger partial charge >= 0.3 is 5.97 Å². The zero-order valence-electron chi connectivity index (χ0n) is 12.3. The number of halogens is 1. The molecule has 118 valence electrons. The summed E-state index contributed by atoms with van der Waals surface area (Å²) in [5, 5.41) is 11.4. The van der Waals surface area contributed by atoms with E-state index >= 15 is 0 Å². The van der Waals surface area contributed by atoms with Crippen molar-refractivity contribution in [3.05, 3.63) is 24.0 Å². The highest BCUT2D eigenvalue weighted by molar-refractivity contribution is 6.00. The molecular weight excluding hydrogens is 291 g/mol. The Bertz CT molecular complexity index is 630. The van der Waals surface area contributed by atoms with Gasteiger partial charge in [0.1, 0.15) is 5.82 Å². The molecule has 0 radical (unpaired) electrons. The van der Waals surface area contributed by atoms with E-state index in [1.165, 1.54) is 17.0 Å². The van der Waals surface area contributed by atoms with E-state index in [9.17, 15) is 18.8 Å². The summed E-state index contributed by atoms with van der Waals surface area (Å²) in [4.78, 5) is 35.8.